The Hall–Kier alpha value is -1.59. The maximum absolute atomic E-state index is 5.65. The highest BCUT2D eigenvalue weighted by atomic mass is 16.5. The van der Waals surface area contributed by atoms with Crippen LogP contribution >= 0.6 is 0 Å². The van der Waals surface area contributed by atoms with Crippen LogP contribution in [0.5, 0.6) is 0 Å². The monoisotopic (exact) mass is 239 g/mol. The van der Waals surface area contributed by atoms with Crippen LogP contribution in [0.15, 0.2) is 9.52 Å². The molecule has 6 heteroatoms. The molecule has 0 amide bonds. The van der Waals surface area contributed by atoms with E-state index < -0.39 is 0 Å². The third kappa shape index (κ3) is 4.42. The SMILES string of the molecule is CCCNC(N)=NCc1noc(C(C)(C)C)n1. The number of guanidine groups is 1. The van der Waals surface area contributed by atoms with Gasteiger partial charge in [0.05, 0.1) is 0 Å². The molecule has 0 radical (unpaired) electrons. The van der Waals surface area contributed by atoms with E-state index in [1.54, 1.807) is 0 Å². The summed E-state index contributed by atoms with van der Waals surface area (Å²) in [6.07, 6.45) is 1.01. The van der Waals surface area contributed by atoms with Crippen molar-refractivity contribution < 1.29 is 4.52 Å². The van der Waals surface area contributed by atoms with Crippen LogP contribution in [0.3, 0.4) is 0 Å². The average molecular weight is 239 g/mol. The Morgan fingerprint density at radius 2 is 2.18 bits per heavy atom. The van der Waals surface area contributed by atoms with Crippen molar-refractivity contribution in [1.29, 1.82) is 0 Å². The highest BCUT2D eigenvalue weighted by molar-refractivity contribution is 5.77. The topological polar surface area (TPSA) is 89.3 Å². The zero-order valence-electron chi connectivity index (χ0n) is 10.9. The summed E-state index contributed by atoms with van der Waals surface area (Å²) < 4.78 is 5.15. The van der Waals surface area contributed by atoms with Crippen LogP contribution in [-0.2, 0) is 12.0 Å². The second kappa shape index (κ2) is 5.65. The van der Waals surface area contributed by atoms with Gasteiger partial charge in [0, 0.05) is 12.0 Å². The quantitative estimate of drug-likeness (QED) is 0.608. The molecule has 1 aromatic heterocycles. The van der Waals surface area contributed by atoms with Crippen LogP contribution < -0.4 is 11.1 Å². The van der Waals surface area contributed by atoms with Crippen LogP contribution in [0.1, 0.15) is 45.8 Å². The van der Waals surface area contributed by atoms with Gasteiger partial charge in [0.25, 0.3) is 0 Å². The summed E-state index contributed by atoms with van der Waals surface area (Å²) in [6.45, 7) is 9.27. The van der Waals surface area contributed by atoms with Crippen molar-refractivity contribution in [3.8, 4) is 0 Å². The average Bonchev–Trinajstić information content (AvgIpc) is 2.71. The molecule has 0 aliphatic carbocycles. The lowest BCUT2D eigenvalue weighted by atomic mass is 9.97. The molecule has 0 saturated carbocycles. The standard InChI is InChI=1S/C11H21N5O/c1-5-6-13-10(12)14-7-8-15-9(17-16-8)11(2,3)4/h5-7H2,1-4H3,(H3,12,13,14). The van der Waals surface area contributed by atoms with Crippen molar-refractivity contribution in [1.82, 2.24) is 15.5 Å². The third-order valence-corrected chi connectivity index (χ3v) is 2.06. The normalized spacial score (nSPS) is 12.8. The van der Waals surface area contributed by atoms with E-state index in [9.17, 15) is 0 Å². The summed E-state index contributed by atoms with van der Waals surface area (Å²) in [6, 6.07) is 0. The molecule has 1 rings (SSSR count). The molecular weight excluding hydrogens is 218 g/mol. The van der Waals surface area contributed by atoms with E-state index >= 15 is 0 Å². The minimum absolute atomic E-state index is 0.138. The fourth-order valence-corrected chi connectivity index (χ4v) is 1.09. The second-order valence-corrected chi connectivity index (χ2v) is 4.89. The van der Waals surface area contributed by atoms with Gasteiger partial charge in [0.1, 0.15) is 6.54 Å². The molecule has 3 N–H and O–H groups in total. The van der Waals surface area contributed by atoms with Gasteiger partial charge in [0.15, 0.2) is 11.8 Å². The van der Waals surface area contributed by atoms with Gasteiger partial charge in [0.2, 0.25) is 5.89 Å². The van der Waals surface area contributed by atoms with Crippen molar-refractivity contribution in [3.05, 3.63) is 11.7 Å². The summed E-state index contributed by atoms with van der Waals surface area (Å²) >= 11 is 0. The number of rotatable bonds is 4. The first kappa shape index (κ1) is 13.5. The lowest BCUT2D eigenvalue weighted by molar-refractivity contribution is 0.318. The molecule has 0 atom stereocenters. The molecule has 0 aliphatic rings. The molecule has 0 aliphatic heterocycles. The van der Waals surface area contributed by atoms with E-state index in [2.05, 4.69) is 27.4 Å². The van der Waals surface area contributed by atoms with Crippen LogP contribution in [-0.4, -0.2) is 22.6 Å². The minimum Gasteiger partial charge on any atom is -0.370 e. The first-order valence-corrected chi connectivity index (χ1v) is 5.80. The van der Waals surface area contributed by atoms with Gasteiger partial charge in [-0.05, 0) is 6.42 Å². The molecule has 6 nitrogen and oxygen atoms in total. The number of hydrogen-bond donors (Lipinski definition) is 2. The predicted molar refractivity (Wildman–Crippen MR) is 66.6 cm³/mol. The summed E-state index contributed by atoms with van der Waals surface area (Å²) in [5, 5.41) is 6.84. The first-order chi connectivity index (χ1) is 7.93. The van der Waals surface area contributed by atoms with Gasteiger partial charge < -0.3 is 15.6 Å². The Labute approximate surface area is 102 Å². The van der Waals surface area contributed by atoms with Crippen molar-refractivity contribution in [3.63, 3.8) is 0 Å². The summed E-state index contributed by atoms with van der Waals surface area (Å²) in [7, 11) is 0. The Kier molecular flexibility index (Phi) is 4.48. The molecule has 1 aromatic rings. The van der Waals surface area contributed by atoms with Crippen LogP contribution in [0.4, 0.5) is 0 Å². The second-order valence-electron chi connectivity index (χ2n) is 4.89. The molecule has 96 valence electrons. The van der Waals surface area contributed by atoms with E-state index in [4.69, 9.17) is 10.3 Å². The zero-order chi connectivity index (χ0) is 12.9. The maximum atomic E-state index is 5.65. The summed E-state index contributed by atoms with van der Waals surface area (Å²) in [5.74, 6) is 1.58. The minimum atomic E-state index is -0.138. The fraction of sp³-hybridized carbons (Fsp3) is 0.727. The first-order valence-electron chi connectivity index (χ1n) is 5.80. The Bertz CT molecular complexity index is 377. The number of nitrogens with one attached hydrogen (secondary N) is 1. The Morgan fingerprint density at radius 1 is 1.47 bits per heavy atom. The highest BCUT2D eigenvalue weighted by Crippen LogP contribution is 2.19. The van der Waals surface area contributed by atoms with Crippen molar-refractivity contribution in [2.75, 3.05) is 6.54 Å². The number of nitrogens with two attached hydrogens (primary N) is 1. The lowest BCUT2D eigenvalue weighted by Gasteiger charge is -2.10. The molecule has 0 saturated heterocycles. The fourth-order valence-electron chi connectivity index (χ4n) is 1.09. The molecule has 0 spiro atoms. The lowest BCUT2D eigenvalue weighted by Crippen LogP contribution is -2.32. The van der Waals surface area contributed by atoms with Gasteiger partial charge in [-0.25, -0.2) is 4.99 Å². The molecule has 17 heavy (non-hydrogen) atoms. The van der Waals surface area contributed by atoms with Crippen LogP contribution in [0, 0.1) is 0 Å². The highest BCUT2D eigenvalue weighted by Gasteiger charge is 2.21. The van der Waals surface area contributed by atoms with E-state index in [0.29, 0.717) is 24.2 Å². The van der Waals surface area contributed by atoms with Crippen molar-refractivity contribution >= 4 is 5.96 Å². The Morgan fingerprint density at radius 3 is 2.71 bits per heavy atom. The van der Waals surface area contributed by atoms with Gasteiger partial charge in [-0.3, -0.25) is 0 Å². The van der Waals surface area contributed by atoms with Crippen LogP contribution in [0.2, 0.25) is 0 Å². The summed E-state index contributed by atoms with van der Waals surface area (Å²) in [4.78, 5) is 8.39. The number of nitrogens with zero attached hydrogens (tertiary/aromatic N) is 3. The number of aromatic nitrogens is 2. The van der Waals surface area contributed by atoms with E-state index in [1.165, 1.54) is 0 Å². The molecule has 0 unspecified atom stereocenters. The zero-order valence-corrected chi connectivity index (χ0v) is 10.9. The van der Waals surface area contributed by atoms with Crippen molar-refractivity contribution in [2.45, 2.75) is 46.1 Å². The smallest absolute Gasteiger partial charge is 0.232 e. The van der Waals surface area contributed by atoms with Gasteiger partial charge in [-0.2, -0.15) is 4.98 Å². The van der Waals surface area contributed by atoms with Gasteiger partial charge in [-0.15, -0.1) is 0 Å². The largest absolute Gasteiger partial charge is 0.370 e. The number of hydrogen-bond acceptors (Lipinski definition) is 4. The van der Waals surface area contributed by atoms with E-state index in [0.717, 1.165) is 13.0 Å². The Balaban J connectivity index is 2.55. The van der Waals surface area contributed by atoms with Crippen LogP contribution in [0.25, 0.3) is 0 Å². The number of aliphatic imine (C=N–C) groups is 1. The van der Waals surface area contributed by atoms with Crippen molar-refractivity contribution in [2.24, 2.45) is 10.7 Å². The summed E-state index contributed by atoms with van der Waals surface area (Å²) in [5.41, 5.74) is 5.51. The molecule has 1 heterocycles. The molecule has 0 bridgehead atoms. The van der Waals surface area contributed by atoms with Gasteiger partial charge in [-0.1, -0.05) is 32.9 Å². The molecule has 0 aromatic carbocycles. The maximum Gasteiger partial charge on any atom is 0.232 e. The molecular formula is C11H21N5O. The molecule has 0 fully saturated rings. The predicted octanol–water partition coefficient (Wildman–Crippen LogP) is 1.18. The third-order valence-electron chi connectivity index (χ3n) is 2.06. The van der Waals surface area contributed by atoms with E-state index in [-0.39, 0.29) is 5.41 Å². The van der Waals surface area contributed by atoms with E-state index in [1.807, 2.05) is 20.8 Å². The van der Waals surface area contributed by atoms with Gasteiger partial charge >= 0.3 is 0 Å².